The highest BCUT2D eigenvalue weighted by Gasteiger charge is 2.39. The normalized spacial score (nSPS) is 19.2. The molecule has 1 fully saturated rings. The molecule has 1 aromatic heterocycles. The summed E-state index contributed by atoms with van der Waals surface area (Å²) in [5.74, 6) is 0. The molecule has 15 heavy (non-hydrogen) atoms. The Morgan fingerprint density at radius 1 is 1.53 bits per heavy atom. The summed E-state index contributed by atoms with van der Waals surface area (Å²) in [6.45, 7) is 1.73. The van der Waals surface area contributed by atoms with Crippen LogP contribution in [0.3, 0.4) is 0 Å². The zero-order valence-corrected chi connectivity index (χ0v) is 10.6. The molecule has 0 saturated heterocycles. The van der Waals surface area contributed by atoms with Crippen molar-refractivity contribution in [3.8, 4) is 0 Å². The van der Waals surface area contributed by atoms with Gasteiger partial charge in [-0.25, -0.2) is 0 Å². The van der Waals surface area contributed by atoms with Crippen molar-refractivity contribution in [1.82, 2.24) is 4.90 Å². The van der Waals surface area contributed by atoms with Crippen molar-refractivity contribution in [3.63, 3.8) is 0 Å². The van der Waals surface area contributed by atoms with Gasteiger partial charge in [-0.05, 0) is 38.4 Å². The number of nitrogens with zero attached hydrogens (tertiary/aromatic N) is 1. The SMILES string of the molecule is CN(Cc1ccc(Cl)s1)C1(CN)CCC1. The van der Waals surface area contributed by atoms with Gasteiger partial charge in [-0.2, -0.15) is 0 Å². The van der Waals surface area contributed by atoms with E-state index in [1.807, 2.05) is 6.07 Å². The Morgan fingerprint density at radius 2 is 2.27 bits per heavy atom. The molecule has 0 spiro atoms. The van der Waals surface area contributed by atoms with E-state index in [0.29, 0.717) is 0 Å². The molecule has 4 heteroatoms. The second kappa shape index (κ2) is 4.42. The van der Waals surface area contributed by atoms with Crippen molar-refractivity contribution < 1.29 is 0 Å². The standard InChI is InChI=1S/C11H17ClN2S/c1-14(11(8-13)5-2-6-11)7-9-3-4-10(12)15-9/h3-4H,2,5-8,13H2,1H3. The molecule has 1 saturated carbocycles. The number of rotatable bonds is 4. The molecule has 84 valence electrons. The highest BCUT2D eigenvalue weighted by Crippen LogP contribution is 2.37. The molecular weight excluding hydrogens is 228 g/mol. The molecule has 1 heterocycles. The van der Waals surface area contributed by atoms with E-state index in [1.54, 1.807) is 11.3 Å². The third-order valence-electron chi connectivity index (χ3n) is 3.50. The minimum absolute atomic E-state index is 0.260. The van der Waals surface area contributed by atoms with Crippen molar-refractivity contribution >= 4 is 22.9 Å². The maximum absolute atomic E-state index is 5.92. The number of halogens is 1. The maximum atomic E-state index is 5.92. The van der Waals surface area contributed by atoms with E-state index in [-0.39, 0.29) is 5.54 Å². The first-order chi connectivity index (χ1) is 7.16. The van der Waals surface area contributed by atoms with Crippen LogP contribution < -0.4 is 5.73 Å². The minimum atomic E-state index is 0.260. The van der Waals surface area contributed by atoms with Crippen LogP contribution in [0.1, 0.15) is 24.1 Å². The van der Waals surface area contributed by atoms with Crippen molar-refractivity contribution in [2.24, 2.45) is 5.73 Å². The Hall–Kier alpha value is -0.0900. The summed E-state index contributed by atoms with van der Waals surface area (Å²) in [6, 6.07) is 4.07. The first kappa shape index (κ1) is 11.4. The highest BCUT2D eigenvalue weighted by molar-refractivity contribution is 7.16. The molecule has 0 bridgehead atoms. The predicted octanol–water partition coefficient (Wildman–Crippen LogP) is 2.71. The van der Waals surface area contributed by atoms with E-state index in [0.717, 1.165) is 17.4 Å². The van der Waals surface area contributed by atoms with Gasteiger partial charge in [-0.1, -0.05) is 11.6 Å². The second-order valence-electron chi connectivity index (χ2n) is 4.34. The number of hydrogen-bond donors (Lipinski definition) is 1. The van der Waals surface area contributed by atoms with E-state index < -0.39 is 0 Å². The Balaban J connectivity index is 1.99. The largest absolute Gasteiger partial charge is 0.329 e. The first-order valence-electron chi connectivity index (χ1n) is 5.32. The molecule has 1 aliphatic carbocycles. The lowest BCUT2D eigenvalue weighted by atomic mass is 9.75. The molecule has 0 atom stereocenters. The van der Waals surface area contributed by atoms with Crippen LogP contribution in [0.2, 0.25) is 4.34 Å². The van der Waals surface area contributed by atoms with Gasteiger partial charge in [0.25, 0.3) is 0 Å². The van der Waals surface area contributed by atoms with Crippen molar-refractivity contribution in [3.05, 3.63) is 21.3 Å². The van der Waals surface area contributed by atoms with Gasteiger partial charge in [-0.3, -0.25) is 4.90 Å². The highest BCUT2D eigenvalue weighted by atomic mass is 35.5. The fraction of sp³-hybridized carbons (Fsp3) is 0.636. The fourth-order valence-corrected chi connectivity index (χ4v) is 3.31. The van der Waals surface area contributed by atoms with Crippen LogP contribution in [-0.4, -0.2) is 24.0 Å². The van der Waals surface area contributed by atoms with Crippen LogP contribution in [0.25, 0.3) is 0 Å². The van der Waals surface area contributed by atoms with Gasteiger partial charge in [0, 0.05) is 23.5 Å². The van der Waals surface area contributed by atoms with Crippen LogP contribution in [0.15, 0.2) is 12.1 Å². The second-order valence-corrected chi connectivity index (χ2v) is 6.14. The van der Waals surface area contributed by atoms with Gasteiger partial charge < -0.3 is 5.73 Å². The Morgan fingerprint density at radius 3 is 2.67 bits per heavy atom. The van der Waals surface area contributed by atoms with Crippen LogP contribution in [0.4, 0.5) is 0 Å². The van der Waals surface area contributed by atoms with Gasteiger partial charge in [0.05, 0.1) is 4.34 Å². The monoisotopic (exact) mass is 244 g/mol. The lowest BCUT2D eigenvalue weighted by Gasteiger charge is -2.48. The zero-order valence-electron chi connectivity index (χ0n) is 9.00. The van der Waals surface area contributed by atoms with Gasteiger partial charge in [0.15, 0.2) is 0 Å². The van der Waals surface area contributed by atoms with Crippen molar-refractivity contribution in [2.75, 3.05) is 13.6 Å². The average Bonchev–Trinajstić information content (AvgIpc) is 2.50. The third kappa shape index (κ3) is 2.21. The van der Waals surface area contributed by atoms with Crippen LogP contribution in [-0.2, 0) is 6.54 Å². The lowest BCUT2D eigenvalue weighted by molar-refractivity contribution is 0.0406. The number of hydrogen-bond acceptors (Lipinski definition) is 3. The Kier molecular flexibility index (Phi) is 3.36. The van der Waals surface area contributed by atoms with E-state index in [4.69, 9.17) is 17.3 Å². The van der Waals surface area contributed by atoms with Crippen molar-refractivity contribution in [1.29, 1.82) is 0 Å². The molecule has 0 aliphatic heterocycles. The molecule has 2 N–H and O–H groups in total. The topological polar surface area (TPSA) is 29.3 Å². The molecule has 0 aromatic carbocycles. The van der Waals surface area contributed by atoms with Crippen LogP contribution in [0, 0.1) is 0 Å². The first-order valence-corrected chi connectivity index (χ1v) is 6.51. The molecule has 0 radical (unpaired) electrons. The summed E-state index contributed by atoms with van der Waals surface area (Å²) >= 11 is 7.58. The Labute approximate surface area is 100 Å². The lowest BCUT2D eigenvalue weighted by Crippen LogP contribution is -2.56. The van der Waals surface area contributed by atoms with Crippen LogP contribution >= 0.6 is 22.9 Å². The van der Waals surface area contributed by atoms with Gasteiger partial charge >= 0.3 is 0 Å². The zero-order chi connectivity index (χ0) is 10.9. The molecular formula is C11H17ClN2S. The molecule has 2 nitrogen and oxygen atoms in total. The minimum Gasteiger partial charge on any atom is -0.329 e. The molecule has 1 aromatic rings. The molecule has 1 aliphatic rings. The fourth-order valence-electron chi connectivity index (χ4n) is 2.16. The van der Waals surface area contributed by atoms with E-state index in [2.05, 4.69) is 18.0 Å². The number of nitrogens with two attached hydrogens (primary N) is 1. The Bertz CT molecular complexity index is 328. The molecule has 0 unspecified atom stereocenters. The smallest absolute Gasteiger partial charge is 0.0931 e. The number of likely N-dealkylation sites (N-methyl/N-ethyl adjacent to an activating group) is 1. The van der Waals surface area contributed by atoms with E-state index >= 15 is 0 Å². The summed E-state index contributed by atoms with van der Waals surface area (Å²) in [6.07, 6.45) is 3.78. The average molecular weight is 245 g/mol. The predicted molar refractivity (Wildman–Crippen MR) is 66.4 cm³/mol. The van der Waals surface area contributed by atoms with Gasteiger partial charge in [0.2, 0.25) is 0 Å². The summed E-state index contributed by atoms with van der Waals surface area (Å²) in [7, 11) is 2.17. The summed E-state index contributed by atoms with van der Waals surface area (Å²) < 4.78 is 0.869. The van der Waals surface area contributed by atoms with Gasteiger partial charge in [0.1, 0.15) is 0 Å². The van der Waals surface area contributed by atoms with Crippen LogP contribution in [0.5, 0.6) is 0 Å². The van der Waals surface area contributed by atoms with E-state index in [9.17, 15) is 0 Å². The third-order valence-corrected chi connectivity index (χ3v) is 4.71. The van der Waals surface area contributed by atoms with Crippen molar-refractivity contribution in [2.45, 2.75) is 31.3 Å². The summed E-state index contributed by atoms with van der Waals surface area (Å²) in [4.78, 5) is 3.71. The van der Waals surface area contributed by atoms with E-state index in [1.165, 1.54) is 24.1 Å². The quantitative estimate of drug-likeness (QED) is 0.883. The summed E-state index contributed by atoms with van der Waals surface area (Å²) in [5.41, 5.74) is 6.12. The maximum Gasteiger partial charge on any atom is 0.0931 e. The summed E-state index contributed by atoms with van der Waals surface area (Å²) in [5, 5.41) is 0. The molecule has 0 amide bonds. The number of thiophene rings is 1. The van der Waals surface area contributed by atoms with Gasteiger partial charge in [-0.15, -0.1) is 11.3 Å². The molecule has 2 rings (SSSR count).